The Kier molecular flexibility index (Phi) is 4.34. The predicted molar refractivity (Wildman–Crippen MR) is 98.0 cm³/mol. The number of morpholine rings is 1. The molecule has 2 heterocycles. The van der Waals surface area contributed by atoms with Crippen molar-refractivity contribution in [2.24, 2.45) is 0 Å². The quantitative estimate of drug-likeness (QED) is 0.690. The van der Waals surface area contributed by atoms with Crippen LogP contribution < -0.4 is 5.32 Å². The maximum Gasteiger partial charge on any atom is 0.323 e. The van der Waals surface area contributed by atoms with Crippen LogP contribution in [0.3, 0.4) is 0 Å². The second kappa shape index (κ2) is 6.80. The number of ether oxygens (including phenoxy) is 1. The summed E-state index contributed by atoms with van der Waals surface area (Å²) in [5.74, 6) is -1.28. The maximum absolute atomic E-state index is 12.2. The lowest BCUT2D eigenvalue weighted by atomic mass is 10.1. The van der Waals surface area contributed by atoms with Crippen molar-refractivity contribution < 1.29 is 19.4 Å². The molecule has 134 valence electrons. The van der Waals surface area contributed by atoms with Gasteiger partial charge in [0.05, 0.1) is 6.54 Å². The highest BCUT2D eigenvalue weighted by molar-refractivity contribution is 6.07. The number of hydrogen-bond donors (Lipinski definition) is 2. The third kappa shape index (κ3) is 3.04. The van der Waals surface area contributed by atoms with Crippen LogP contribution >= 0.6 is 0 Å². The molecule has 0 spiro atoms. The normalized spacial score (nSPS) is 20.4. The highest BCUT2D eigenvalue weighted by Crippen LogP contribution is 2.29. The lowest BCUT2D eigenvalue weighted by molar-refractivity contribution is -0.157. The Morgan fingerprint density at radius 3 is 2.31 bits per heavy atom. The minimum absolute atomic E-state index is 0.0513. The zero-order chi connectivity index (χ0) is 18.1. The van der Waals surface area contributed by atoms with Gasteiger partial charge in [-0.05, 0) is 18.6 Å². The van der Waals surface area contributed by atoms with Gasteiger partial charge in [-0.2, -0.15) is 0 Å². The van der Waals surface area contributed by atoms with Gasteiger partial charge < -0.3 is 19.7 Å². The summed E-state index contributed by atoms with van der Waals surface area (Å²) in [6.45, 7) is 1.06. The van der Waals surface area contributed by atoms with E-state index in [0.717, 1.165) is 11.0 Å². The Morgan fingerprint density at radius 2 is 1.73 bits per heavy atom. The molecular formula is C20H20N2O4. The minimum Gasteiger partial charge on any atom is -0.481 e. The van der Waals surface area contributed by atoms with Crippen LogP contribution in [0.25, 0.3) is 21.8 Å². The van der Waals surface area contributed by atoms with Gasteiger partial charge in [-0.25, -0.2) is 0 Å². The standard InChI is InChI=1S/C20H20N2O4/c23-19(24)10-9-16-20(25)26-13(11-21-16)12-22-17-7-3-1-5-14(17)15-6-2-4-8-18(15)22/h1-8,13,16,21H,9-12H2,(H,23,24)/t13-,16+/m0/s1. The topological polar surface area (TPSA) is 80.6 Å². The van der Waals surface area contributed by atoms with Gasteiger partial charge in [0, 0.05) is 34.8 Å². The Bertz CT molecular complexity index is 925. The van der Waals surface area contributed by atoms with E-state index in [1.54, 1.807) is 0 Å². The second-order valence-corrected chi connectivity index (χ2v) is 6.60. The minimum atomic E-state index is -0.910. The maximum atomic E-state index is 12.2. The van der Waals surface area contributed by atoms with Gasteiger partial charge in [0.25, 0.3) is 0 Å². The smallest absolute Gasteiger partial charge is 0.323 e. The van der Waals surface area contributed by atoms with Gasteiger partial charge in [-0.15, -0.1) is 0 Å². The lowest BCUT2D eigenvalue weighted by Gasteiger charge is -2.29. The number of hydrogen-bond acceptors (Lipinski definition) is 4. The van der Waals surface area contributed by atoms with E-state index in [0.29, 0.717) is 13.1 Å². The first-order valence-corrected chi connectivity index (χ1v) is 8.75. The van der Waals surface area contributed by atoms with Crippen LogP contribution in [0.15, 0.2) is 48.5 Å². The van der Waals surface area contributed by atoms with E-state index in [1.165, 1.54) is 10.8 Å². The van der Waals surface area contributed by atoms with E-state index in [9.17, 15) is 9.59 Å². The number of carbonyl (C=O) groups excluding carboxylic acids is 1. The molecule has 1 aliphatic heterocycles. The predicted octanol–water partition coefficient (Wildman–Crippen LogP) is 2.54. The Morgan fingerprint density at radius 1 is 1.12 bits per heavy atom. The van der Waals surface area contributed by atoms with Gasteiger partial charge in [0.1, 0.15) is 12.1 Å². The molecule has 1 saturated heterocycles. The summed E-state index contributed by atoms with van der Waals surface area (Å²) in [6.07, 6.45) is -0.0941. The van der Waals surface area contributed by atoms with Crippen molar-refractivity contribution in [3.8, 4) is 0 Å². The summed E-state index contributed by atoms with van der Waals surface area (Å²) in [5.41, 5.74) is 2.22. The average Bonchev–Trinajstić information content (AvgIpc) is 2.95. The largest absolute Gasteiger partial charge is 0.481 e. The fraction of sp³-hybridized carbons (Fsp3) is 0.300. The summed E-state index contributed by atoms with van der Waals surface area (Å²) < 4.78 is 7.77. The fourth-order valence-electron chi connectivity index (χ4n) is 3.64. The Labute approximate surface area is 150 Å². The van der Waals surface area contributed by atoms with E-state index in [1.807, 2.05) is 24.3 Å². The zero-order valence-electron chi connectivity index (χ0n) is 14.2. The molecule has 6 heteroatoms. The third-order valence-electron chi connectivity index (χ3n) is 4.87. The molecule has 0 unspecified atom stereocenters. The number of fused-ring (bicyclic) bond motifs is 3. The Hall–Kier alpha value is -2.86. The van der Waals surface area contributed by atoms with Crippen LogP contribution in [0.2, 0.25) is 0 Å². The number of benzene rings is 2. The highest BCUT2D eigenvalue weighted by atomic mass is 16.5. The number of esters is 1. The SMILES string of the molecule is O=C(O)CC[C@H]1NC[C@@H](Cn2c3ccccc3c3ccccc32)OC1=O. The van der Waals surface area contributed by atoms with E-state index >= 15 is 0 Å². The fourth-order valence-corrected chi connectivity index (χ4v) is 3.64. The van der Waals surface area contributed by atoms with Crippen molar-refractivity contribution in [2.45, 2.75) is 31.5 Å². The molecule has 1 fully saturated rings. The number of carbonyl (C=O) groups is 2. The number of nitrogens with one attached hydrogen (secondary N) is 1. The van der Waals surface area contributed by atoms with E-state index in [-0.39, 0.29) is 24.9 Å². The van der Waals surface area contributed by atoms with Crippen LogP contribution in [-0.2, 0) is 20.9 Å². The van der Waals surface area contributed by atoms with Crippen LogP contribution in [-0.4, -0.2) is 40.3 Å². The molecule has 0 radical (unpaired) electrons. The number of nitrogens with zero attached hydrogens (tertiary/aromatic N) is 1. The van der Waals surface area contributed by atoms with E-state index in [4.69, 9.17) is 9.84 Å². The molecule has 26 heavy (non-hydrogen) atoms. The number of aliphatic carboxylic acids is 1. The summed E-state index contributed by atoms with van der Waals surface area (Å²) in [4.78, 5) is 22.9. The first-order chi connectivity index (χ1) is 12.6. The summed E-state index contributed by atoms with van der Waals surface area (Å²) in [6, 6.07) is 15.9. The molecule has 0 saturated carbocycles. The van der Waals surface area contributed by atoms with Gasteiger partial charge in [0.15, 0.2) is 0 Å². The van der Waals surface area contributed by atoms with Gasteiger partial charge >= 0.3 is 11.9 Å². The molecular weight excluding hydrogens is 332 g/mol. The molecule has 2 N–H and O–H groups in total. The number of carboxylic acid groups (broad SMARTS) is 1. The summed E-state index contributed by atoms with van der Waals surface area (Å²) in [7, 11) is 0. The average molecular weight is 352 g/mol. The molecule has 1 aliphatic rings. The molecule has 6 nitrogen and oxygen atoms in total. The number of cyclic esters (lactones) is 1. The van der Waals surface area contributed by atoms with Gasteiger partial charge in [0.2, 0.25) is 0 Å². The first kappa shape index (κ1) is 16.6. The molecule has 3 aromatic rings. The number of carboxylic acids is 1. The molecule has 0 amide bonds. The van der Waals surface area contributed by atoms with Crippen LogP contribution in [0.4, 0.5) is 0 Å². The molecule has 2 aromatic carbocycles. The van der Waals surface area contributed by atoms with Crippen LogP contribution in [0, 0.1) is 0 Å². The summed E-state index contributed by atoms with van der Waals surface area (Å²) >= 11 is 0. The molecule has 0 aliphatic carbocycles. The highest BCUT2D eigenvalue weighted by Gasteiger charge is 2.30. The molecule has 2 atom stereocenters. The van der Waals surface area contributed by atoms with Gasteiger partial charge in [-0.1, -0.05) is 36.4 Å². The monoisotopic (exact) mass is 352 g/mol. The number of rotatable bonds is 5. The number of para-hydroxylation sites is 2. The Balaban J connectivity index is 1.56. The van der Waals surface area contributed by atoms with Gasteiger partial charge in [-0.3, -0.25) is 9.59 Å². The molecule has 1 aromatic heterocycles. The second-order valence-electron chi connectivity index (χ2n) is 6.60. The third-order valence-corrected chi connectivity index (χ3v) is 4.87. The zero-order valence-corrected chi connectivity index (χ0v) is 14.2. The molecule has 0 bridgehead atoms. The van der Waals surface area contributed by atoms with E-state index < -0.39 is 12.0 Å². The van der Waals surface area contributed by atoms with Crippen LogP contribution in [0.5, 0.6) is 0 Å². The summed E-state index contributed by atoms with van der Waals surface area (Å²) in [5, 5.41) is 14.3. The lowest BCUT2D eigenvalue weighted by Crippen LogP contribution is -2.51. The van der Waals surface area contributed by atoms with Crippen molar-refractivity contribution in [1.29, 1.82) is 0 Å². The van der Waals surface area contributed by atoms with Crippen molar-refractivity contribution in [3.05, 3.63) is 48.5 Å². The number of aromatic nitrogens is 1. The van der Waals surface area contributed by atoms with Crippen molar-refractivity contribution >= 4 is 33.7 Å². The van der Waals surface area contributed by atoms with Crippen molar-refractivity contribution in [1.82, 2.24) is 9.88 Å². The van der Waals surface area contributed by atoms with Crippen molar-refractivity contribution in [3.63, 3.8) is 0 Å². The molecule has 4 rings (SSSR count). The first-order valence-electron chi connectivity index (χ1n) is 8.75. The van der Waals surface area contributed by atoms with Crippen LogP contribution in [0.1, 0.15) is 12.8 Å². The van der Waals surface area contributed by atoms with Crippen molar-refractivity contribution in [2.75, 3.05) is 6.54 Å². The van der Waals surface area contributed by atoms with E-state index in [2.05, 4.69) is 34.1 Å².